The van der Waals surface area contributed by atoms with E-state index in [0.717, 1.165) is 15.4 Å². The minimum atomic E-state index is -0.652. The first-order valence-corrected chi connectivity index (χ1v) is 13.2. The number of hydrogen-bond acceptors (Lipinski definition) is 4. The van der Waals surface area contributed by atoms with Crippen molar-refractivity contribution >= 4 is 75.7 Å². The van der Waals surface area contributed by atoms with E-state index in [2.05, 4.69) is 0 Å². The van der Waals surface area contributed by atoms with Crippen LogP contribution in [0.25, 0.3) is 11.1 Å². The van der Waals surface area contributed by atoms with Gasteiger partial charge in [0.25, 0.3) is 0 Å². The van der Waals surface area contributed by atoms with E-state index in [0.29, 0.717) is 34.0 Å². The van der Waals surface area contributed by atoms with Gasteiger partial charge in [-0.1, -0.05) is 46.4 Å². The van der Waals surface area contributed by atoms with E-state index in [9.17, 15) is 19.2 Å². The Morgan fingerprint density at radius 3 is 1.61 bits per heavy atom. The van der Waals surface area contributed by atoms with E-state index in [4.69, 9.17) is 46.4 Å². The number of amides is 4. The first kappa shape index (κ1) is 24.2. The van der Waals surface area contributed by atoms with Crippen LogP contribution in [0.5, 0.6) is 0 Å². The lowest BCUT2D eigenvalue weighted by Crippen LogP contribution is -2.53. The maximum atomic E-state index is 13.7. The number of aryl methyl sites for hydroxylation is 1. The molecule has 7 rings (SSSR count). The fourth-order valence-corrected chi connectivity index (χ4v) is 7.92. The minimum absolute atomic E-state index is 0.155. The van der Waals surface area contributed by atoms with Crippen molar-refractivity contribution in [1.82, 2.24) is 4.90 Å². The standard InChI is InChI=1S/C26H20Cl4N2O4/c1-9-5-15(28)12(6-14(9)27)13-7-17(30)18(8-16(13)29)32-25(35)21-10-3-4-11(22(21)26(32)36)20-19(10)23(33)31(2)24(20)34/h5-8,10-11,19-22H,3-4H2,1-2H3. The summed E-state index contributed by atoms with van der Waals surface area (Å²) in [7, 11) is 1.48. The molecule has 2 heterocycles. The Hall–Kier alpha value is -2.12. The summed E-state index contributed by atoms with van der Waals surface area (Å²) in [6.45, 7) is 1.83. The zero-order chi connectivity index (χ0) is 25.8. The topological polar surface area (TPSA) is 74.8 Å². The summed E-state index contributed by atoms with van der Waals surface area (Å²) in [5.74, 6) is -4.40. The van der Waals surface area contributed by atoms with Gasteiger partial charge in [-0.15, -0.1) is 0 Å². The number of anilines is 1. The smallest absolute Gasteiger partial charge is 0.238 e. The highest BCUT2D eigenvalue weighted by atomic mass is 35.5. The SMILES string of the molecule is Cc1cc(Cl)c(-c2cc(Cl)c(N3C(=O)C4C5CCC(C6C(=O)N(C)C(=O)C56)C4C3=O)cc2Cl)cc1Cl. The Kier molecular flexibility index (Phi) is 5.51. The number of imide groups is 2. The number of carbonyl (C=O) groups is 4. The number of likely N-dealkylation sites (tertiary alicyclic amines) is 1. The van der Waals surface area contributed by atoms with Crippen LogP contribution in [0.3, 0.4) is 0 Å². The fraction of sp³-hybridized carbons (Fsp3) is 0.385. The molecular weight excluding hydrogens is 546 g/mol. The van der Waals surface area contributed by atoms with Crippen LogP contribution in [0.1, 0.15) is 18.4 Å². The van der Waals surface area contributed by atoms with Gasteiger partial charge in [-0.25, -0.2) is 4.90 Å². The largest absolute Gasteiger partial charge is 0.285 e. The van der Waals surface area contributed by atoms with Crippen molar-refractivity contribution in [3.05, 3.63) is 49.9 Å². The Morgan fingerprint density at radius 2 is 1.08 bits per heavy atom. The molecule has 5 fully saturated rings. The zero-order valence-electron chi connectivity index (χ0n) is 19.2. The van der Waals surface area contributed by atoms with E-state index in [-0.39, 0.29) is 39.4 Å². The molecule has 4 amide bonds. The molecule has 2 bridgehead atoms. The molecule has 6 atom stereocenters. The van der Waals surface area contributed by atoms with Crippen molar-refractivity contribution in [3.63, 3.8) is 0 Å². The first-order chi connectivity index (χ1) is 17.0. The van der Waals surface area contributed by atoms with Gasteiger partial charge in [0.05, 0.1) is 39.4 Å². The number of fused-ring (bicyclic) bond motifs is 1. The zero-order valence-corrected chi connectivity index (χ0v) is 22.3. The van der Waals surface area contributed by atoms with Gasteiger partial charge in [-0.05, 0) is 61.4 Å². The quantitative estimate of drug-likeness (QED) is 0.441. The molecule has 0 N–H and O–H groups in total. The number of carbonyl (C=O) groups excluding carboxylic acids is 4. The molecule has 2 aromatic rings. The van der Waals surface area contributed by atoms with Crippen molar-refractivity contribution < 1.29 is 19.2 Å². The van der Waals surface area contributed by atoms with Crippen LogP contribution >= 0.6 is 46.4 Å². The van der Waals surface area contributed by atoms with E-state index < -0.39 is 35.5 Å². The molecule has 6 unspecified atom stereocenters. The van der Waals surface area contributed by atoms with Gasteiger partial charge >= 0.3 is 0 Å². The molecule has 2 aromatic carbocycles. The highest BCUT2D eigenvalue weighted by Crippen LogP contribution is 2.61. The van der Waals surface area contributed by atoms with Crippen LogP contribution in [-0.4, -0.2) is 35.6 Å². The summed E-state index contributed by atoms with van der Waals surface area (Å²) >= 11 is 26.0. The molecule has 6 nitrogen and oxygen atoms in total. The van der Waals surface area contributed by atoms with Gasteiger partial charge in [0, 0.05) is 28.2 Å². The lowest BCUT2D eigenvalue weighted by atomic mass is 9.51. The van der Waals surface area contributed by atoms with Crippen molar-refractivity contribution in [1.29, 1.82) is 0 Å². The predicted octanol–water partition coefficient (Wildman–Crippen LogP) is 5.65. The number of nitrogens with zero attached hydrogens (tertiary/aromatic N) is 2. The van der Waals surface area contributed by atoms with Crippen LogP contribution in [0.2, 0.25) is 20.1 Å². The molecule has 2 saturated heterocycles. The van der Waals surface area contributed by atoms with Gasteiger partial charge < -0.3 is 0 Å². The summed E-state index contributed by atoms with van der Waals surface area (Å²) in [6, 6.07) is 6.48. The second-order valence-electron chi connectivity index (χ2n) is 10.1. The molecule has 5 aliphatic rings. The maximum Gasteiger partial charge on any atom is 0.238 e. The number of benzene rings is 2. The highest BCUT2D eigenvalue weighted by molar-refractivity contribution is 6.41. The first-order valence-electron chi connectivity index (χ1n) is 11.7. The monoisotopic (exact) mass is 564 g/mol. The van der Waals surface area contributed by atoms with Gasteiger partial charge in [-0.3, -0.25) is 24.1 Å². The second kappa shape index (κ2) is 8.19. The molecule has 0 aromatic heterocycles. The van der Waals surface area contributed by atoms with Crippen molar-refractivity contribution in [2.45, 2.75) is 19.8 Å². The predicted molar refractivity (Wildman–Crippen MR) is 137 cm³/mol. The fourth-order valence-electron chi connectivity index (χ4n) is 6.93. The number of halogens is 4. The Labute approximate surface area is 227 Å². The molecule has 0 spiro atoms. The average Bonchev–Trinajstić information content (AvgIpc) is 3.25. The van der Waals surface area contributed by atoms with E-state index in [1.165, 1.54) is 13.1 Å². The van der Waals surface area contributed by atoms with Crippen LogP contribution in [0.4, 0.5) is 5.69 Å². The molecule has 2 aliphatic heterocycles. The van der Waals surface area contributed by atoms with E-state index in [1.54, 1.807) is 18.2 Å². The van der Waals surface area contributed by atoms with Gasteiger partial charge in [0.15, 0.2) is 0 Å². The van der Waals surface area contributed by atoms with Gasteiger partial charge in [-0.2, -0.15) is 0 Å². The molecule has 3 aliphatic carbocycles. The Bertz CT molecular complexity index is 1360. The lowest BCUT2D eigenvalue weighted by Gasteiger charge is -2.48. The van der Waals surface area contributed by atoms with Gasteiger partial charge in [0.2, 0.25) is 23.6 Å². The number of hydrogen-bond donors (Lipinski definition) is 0. The third kappa shape index (κ3) is 3.11. The Balaban J connectivity index is 1.41. The molecule has 10 heteroatoms. The number of rotatable bonds is 2. The Morgan fingerprint density at radius 1 is 0.639 bits per heavy atom. The molecular formula is C26H20Cl4N2O4. The molecule has 36 heavy (non-hydrogen) atoms. The van der Waals surface area contributed by atoms with Crippen LogP contribution in [-0.2, 0) is 19.2 Å². The maximum absolute atomic E-state index is 13.7. The normalized spacial score (nSPS) is 30.9. The minimum Gasteiger partial charge on any atom is -0.285 e. The van der Waals surface area contributed by atoms with Crippen LogP contribution in [0.15, 0.2) is 24.3 Å². The summed E-state index contributed by atoms with van der Waals surface area (Å²) in [5.41, 5.74) is 2.08. The summed E-state index contributed by atoms with van der Waals surface area (Å²) in [6.07, 6.45) is 1.26. The summed E-state index contributed by atoms with van der Waals surface area (Å²) < 4.78 is 0. The third-order valence-electron chi connectivity index (χ3n) is 8.51. The van der Waals surface area contributed by atoms with Gasteiger partial charge in [0.1, 0.15) is 0 Å². The molecule has 0 radical (unpaired) electrons. The molecule has 186 valence electrons. The highest BCUT2D eigenvalue weighted by Gasteiger charge is 2.69. The van der Waals surface area contributed by atoms with E-state index >= 15 is 0 Å². The van der Waals surface area contributed by atoms with Crippen molar-refractivity contribution in [2.75, 3.05) is 11.9 Å². The average molecular weight is 566 g/mol. The summed E-state index contributed by atoms with van der Waals surface area (Å²) in [4.78, 5) is 55.4. The van der Waals surface area contributed by atoms with Crippen LogP contribution < -0.4 is 4.90 Å². The summed E-state index contributed by atoms with van der Waals surface area (Å²) in [5, 5.41) is 1.35. The molecule has 3 saturated carbocycles. The van der Waals surface area contributed by atoms with Crippen molar-refractivity contribution in [3.8, 4) is 11.1 Å². The third-order valence-corrected chi connectivity index (χ3v) is 9.85. The lowest BCUT2D eigenvalue weighted by molar-refractivity contribution is -0.148. The van der Waals surface area contributed by atoms with Crippen LogP contribution in [0, 0.1) is 42.4 Å². The second-order valence-corrected chi connectivity index (χ2v) is 11.7. The van der Waals surface area contributed by atoms with E-state index in [1.807, 2.05) is 6.92 Å². The van der Waals surface area contributed by atoms with Crippen molar-refractivity contribution in [2.24, 2.45) is 35.5 Å².